The molecule has 2 rings (SSSR count). The number of ether oxygens (including phenoxy) is 1. The molecule has 0 heterocycles. The zero-order valence-corrected chi connectivity index (χ0v) is 12.7. The number of nitro benzene ring substituents is 2. The summed E-state index contributed by atoms with van der Waals surface area (Å²) in [7, 11) is 0. The van der Waals surface area contributed by atoms with Gasteiger partial charge in [-0.15, -0.1) is 0 Å². The van der Waals surface area contributed by atoms with Crippen LogP contribution in [0.4, 0.5) is 16.2 Å². The van der Waals surface area contributed by atoms with Gasteiger partial charge in [-0.3, -0.25) is 20.2 Å². The lowest BCUT2D eigenvalue weighted by atomic mass is 10.3. The minimum atomic E-state index is -0.577. The maximum atomic E-state index is 11.0. The number of amides is 1. The Hall–Kier alpha value is -3.49. The highest BCUT2D eigenvalue weighted by Gasteiger charge is 2.06. The molecule has 2 aromatic carbocycles. The highest BCUT2D eigenvalue weighted by Crippen LogP contribution is 2.17. The summed E-state index contributed by atoms with van der Waals surface area (Å²) in [6.45, 7) is 2.23. The van der Waals surface area contributed by atoms with Crippen molar-refractivity contribution in [1.29, 1.82) is 0 Å². The first-order valence-electron chi connectivity index (χ1n) is 6.83. The first-order chi connectivity index (χ1) is 11.4. The molecule has 0 aliphatic rings. The van der Waals surface area contributed by atoms with Gasteiger partial charge in [0.05, 0.1) is 9.85 Å². The maximum absolute atomic E-state index is 11.0. The Kier molecular flexibility index (Phi) is 7.36. The van der Waals surface area contributed by atoms with Crippen molar-refractivity contribution in [3.05, 3.63) is 74.8 Å². The summed E-state index contributed by atoms with van der Waals surface area (Å²) in [5.41, 5.74) is 0.0933. The molecule has 1 N–H and O–H groups in total. The lowest BCUT2D eigenvalue weighted by Crippen LogP contribution is -2.26. The molecule has 0 unspecified atom stereocenters. The van der Waals surface area contributed by atoms with Gasteiger partial charge in [0.25, 0.3) is 11.4 Å². The third-order valence-electron chi connectivity index (χ3n) is 2.55. The molecule has 0 spiro atoms. The van der Waals surface area contributed by atoms with Gasteiger partial charge in [0, 0.05) is 30.8 Å². The number of carbonyl (C=O) groups is 1. The molecule has 0 saturated heterocycles. The van der Waals surface area contributed by atoms with E-state index in [9.17, 15) is 25.0 Å². The number of nitro groups is 2. The van der Waals surface area contributed by atoms with Crippen molar-refractivity contribution in [2.75, 3.05) is 6.54 Å². The third-order valence-corrected chi connectivity index (χ3v) is 2.55. The molecule has 0 aliphatic heterocycles. The predicted octanol–water partition coefficient (Wildman–Crippen LogP) is 3.30. The average Bonchev–Trinajstić information content (AvgIpc) is 2.57. The molecule has 0 aliphatic carbocycles. The number of hydrogen-bond donors (Lipinski definition) is 1. The van der Waals surface area contributed by atoms with Gasteiger partial charge >= 0.3 is 6.09 Å². The first kappa shape index (κ1) is 18.6. The van der Waals surface area contributed by atoms with Crippen molar-refractivity contribution in [3.8, 4) is 5.75 Å². The molecule has 24 heavy (non-hydrogen) atoms. The second kappa shape index (κ2) is 9.51. The van der Waals surface area contributed by atoms with E-state index >= 15 is 0 Å². The molecule has 2 aromatic rings. The second-order valence-electron chi connectivity index (χ2n) is 4.26. The minimum absolute atomic E-state index is 0.0433. The van der Waals surface area contributed by atoms with E-state index in [1.165, 1.54) is 36.4 Å². The van der Waals surface area contributed by atoms with Crippen LogP contribution in [0, 0.1) is 20.2 Å². The van der Waals surface area contributed by atoms with E-state index in [-0.39, 0.29) is 17.1 Å². The van der Waals surface area contributed by atoms with Gasteiger partial charge < -0.3 is 10.1 Å². The van der Waals surface area contributed by atoms with Crippen LogP contribution in [0.2, 0.25) is 0 Å². The Bertz CT molecular complexity index is 688. The zero-order valence-electron chi connectivity index (χ0n) is 12.7. The molecular weight excluding hydrogens is 318 g/mol. The molecule has 126 valence electrons. The largest absolute Gasteiger partial charge is 0.412 e. The van der Waals surface area contributed by atoms with Gasteiger partial charge in [-0.25, -0.2) is 4.79 Å². The summed E-state index contributed by atoms with van der Waals surface area (Å²) in [6, 6.07) is 13.2. The van der Waals surface area contributed by atoms with Crippen molar-refractivity contribution in [2.24, 2.45) is 0 Å². The maximum Gasteiger partial charge on any atom is 0.412 e. The number of nitrogens with zero attached hydrogens (tertiary/aromatic N) is 2. The number of rotatable bonds is 4. The van der Waals surface area contributed by atoms with Gasteiger partial charge in [-0.2, -0.15) is 0 Å². The van der Waals surface area contributed by atoms with Gasteiger partial charge in [0.2, 0.25) is 0 Å². The van der Waals surface area contributed by atoms with Crippen molar-refractivity contribution in [3.63, 3.8) is 0 Å². The highest BCUT2D eigenvalue weighted by molar-refractivity contribution is 5.70. The van der Waals surface area contributed by atoms with Crippen LogP contribution in [0.5, 0.6) is 5.75 Å². The van der Waals surface area contributed by atoms with Crippen LogP contribution in [0.25, 0.3) is 0 Å². The van der Waals surface area contributed by atoms with Crippen LogP contribution >= 0.6 is 0 Å². The molecule has 0 atom stereocenters. The van der Waals surface area contributed by atoms with E-state index in [4.69, 9.17) is 4.74 Å². The molecule has 9 nitrogen and oxygen atoms in total. The molecule has 9 heteroatoms. The third kappa shape index (κ3) is 6.52. The molecular formula is C15H15N3O6. The van der Waals surface area contributed by atoms with E-state index in [1.807, 2.05) is 0 Å². The highest BCUT2D eigenvalue weighted by atomic mass is 16.6. The number of nitrogens with one attached hydrogen (secondary N) is 1. The second-order valence-corrected chi connectivity index (χ2v) is 4.26. The van der Waals surface area contributed by atoms with Crippen LogP contribution in [0.15, 0.2) is 54.6 Å². The normalized spacial score (nSPS) is 9.21. The van der Waals surface area contributed by atoms with Crippen LogP contribution in [-0.4, -0.2) is 22.5 Å². The smallest absolute Gasteiger partial charge is 0.410 e. The van der Waals surface area contributed by atoms with Gasteiger partial charge in [-0.1, -0.05) is 18.2 Å². The first-order valence-corrected chi connectivity index (χ1v) is 6.83. The van der Waals surface area contributed by atoms with E-state index in [0.717, 1.165) is 0 Å². The van der Waals surface area contributed by atoms with Crippen molar-refractivity contribution in [1.82, 2.24) is 5.32 Å². The summed E-state index contributed by atoms with van der Waals surface area (Å²) < 4.78 is 4.82. The van der Waals surface area contributed by atoms with Gasteiger partial charge in [0.15, 0.2) is 0 Å². The summed E-state index contributed by atoms with van der Waals surface area (Å²) in [5.74, 6) is 0.270. The van der Waals surface area contributed by atoms with Crippen molar-refractivity contribution >= 4 is 17.5 Å². The lowest BCUT2D eigenvalue weighted by Gasteiger charge is -2.03. The Balaban J connectivity index is 0.000000272. The van der Waals surface area contributed by atoms with Crippen LogP contribution in [0.1, 0.15) is 6.92 Å². The van der Waals surface area contributed by atoms with E-state index in [0.29, 0.717) is 6.54 Å². The number of para-hydroxylation sites is 1. The van der Waals surface area contributed by atoms with Gasteiger partial charge in [0.1, 0.15) is 5.75 Å². The fraction of sp³-hybridized carbons (Fsp3) is 0.133. The van der Waals surface area contributed by atoms with E-state index < -0.39 is 15.9 Å². The summed E-state index contributed by atoms with van der Waals surface area (Å²) >= 11 is 0. The monoisotopic (exact) mass is 333 g/mol. The SMILES string of the molecule is CCNC(=O)Oc1ccc([N+](=O)[O-])cc1.O=[N+]([O-])c1ccccc1. The van der Waals surface area contributed by atoms with Crippen molar-refractivity contribution < 1.29 is 19.4 Å². The number of hydrogen-bond acceptors (Lipinski definition) is 6. The van der Waals surface area contributed by atoms with E-state index in [1.54, 1.807) is 25.1 Å². The Labute approximate surface area is 137 Å². The average molecular weight is 333 g/mol. The quantitative estimate of drug-likeness (QED) is 0.676. The molecule has 1 amide bonds. The topological polar surface area (TPSA) is 125 Å². The van der Waals surface area contributed by atoms with Crippen molar-refractivity contribution in [2.45, 2.75) is 6.92 Å². The van der Waals surface area contributed by atoms with Gasteiger partial charge in [-0.05, 0) is 19.1 Å². The fourth-order valence-corrected chi connectivity index (χ4v) is 1.47. The Morgan fingerprint density at radius 3 is 1.88 bits per heavy atom. The van der Waals surface area contributed by atoms with Crippen LogP contribution in [-0.2, 0) is 0 Å². The van der Waals surface area contributed by atoms with Crippen LogP contribution in [0.3, 0.4) is 0 Å². The summed E-state index contributed by atoms with van der Waals surface area (Å²) in [6.07, 6.45) is -0.577. The Morgan fingerprint density at radius 1 is 0.958 bits per heavy atom. The fourth-order valence-electron chi connectivity index (χ4n) is 1.47. The minimum Gasteiger partial charge on any atom is -0.410 e. The number of non-ortho nitro benzene ring substituents is 2. The number of benzene rings is 2. The predicted molar refractivity (Wildman–Crippen MR) is 85.9 cm³/mol. The summed E-state index contributed by atoms with van der Waals surface area (Å²) in [4.78, 5) is 30.4. The summed E-state index contributed by atoms with van der Waals surface area (Å²) in [5, 5.41) is 22.8. The zero-order chi connectivity index (χ0) is 17.9. The Morgan fingerprint density at radius 2 is 1.46 bits per heavy atom. The molecule has 0 saturated carbocycles. The molecule has 0 radical (unpaired) electrons. The molecule has 0 aromatic heterocycles. The standard InChI is InChI=1S/C9H10N2O4.C6H5NO2/c1-2-10-9(12)15-8-5-3-7(4-6-8)11(13)14;8-7(9)6-4-2-1-3-5-6/h3-6H,2H2,1H3,(H,10,12);1-5H. The molecule has 0 bridgehead atoms. The van der Waals surface area contributed by atoms with E-state index in [2.05, 4.69) is 5.32 Å². The number of carbonyl (C=O) groups excluding carboxylic acids is 1. The molecule has 0 fully saturated rings. The van der Waals surface area contributed by atoms with Crippen LogP contribution < -0.4 is 10.1 Å². The lowest BCUT2D eigenvalue weighted by molar-refractivity contribution is -0.385.